The molecule has 0 fully saturated rings. The van der Waals surface area contributed by atoms with Gasteiger partial charge in [0, 0.05) is 0 Å². The largest absolute Gasteiger partial charge is 0.271 e. The van der Waals surface area contributed by atoms with Gasteiger partial charge in [-0.25, -0.2) is 0 Å². The lowest BCUT2D eigenvalue weighted by molar-refractivity contribution is 0.519. The Morgan fingerprint density at radius 3 is 2.93 bits per heavy atom. The molecular formula is C10H18N4S. The highest BCUT2D eigenvalue weighted by Gasteiger charge is 2.16. The van der Waals surface area contributed by atoms with E-state index >= 15 is 0 Å². The van der Waals surface area contributed by atoms with E-state index in [1.54, 1.807) is 0 Å². The van der Waals surface area contributed by atoms with Crippen LogP contribution in [0.3, 0.4) is 0 Å². The van der Waals surface area contributed by atoms with Crippen LogP contribution in [0.25, 0.3) is 0 Å². The molecule has 0 aromatic carbocycles. The second kappa shape index (κ2) is 5.95. The number of nitrogens with one attached hydrogen (secondary N) is 1. The zero-order valence-electron chi connectivity index (χ0n) is 9.29. The first-order chi connectivity index (χ1) is 7.19. The lowest BCUT2D eigenvalue weighted by atomic mass is 10.1. The summed E-state index contributed by atoms with van der Waals surface area (Å²) in [5, 5.41) is 4.08. The van der Waals surface area contributed by atoms with E-state index in [2.05, 4.69) is 28.5 Å². The van der Waals surface area contributed by atoms with Gasteiger partial charge in [-0.05, 0) is 37.7 Å². The second-order valence-corrected chi connectivity index (χ2v) is 4.44. The van der Waals surface area contributed by atoms with Crippen LogP contribution in [0.15, 0.2) is 12.2 Å². The Hall–Kier alpha value is -0.780. The van der Waals surface area contributed by atoms with Crippen LogP contribution in [0.4, 0.5) is 0 Å². The molecule has 1 aromatic rings. The van der Waals surface area contributed by atoms with E-state index in [1.807, 2.05) is 6.92 Å². The molecule has 0 saturated carbocycles. The molecule has 1 heterocycles. The van der Waals surface area contributed by atoms with Crippen molar-refractivity contribution in [3.05, 3.63) is 22.7 Å². The molecule has 84 valence electrons. The van der Waals surface area contributed by atoms with Gasteiger partial charge in [0.05, 0.1) is 16.6 Å². The van der Waals surface area contributed by atoms with Gasteiger partial charge in [0.25, 0.3) is 0 Å². The van der Waals surface area contributed by atoms with Crippen molar-refractivity contribution in [1.82, 2.24) is 15.0 Å². The quantitative estimate of drug-likeness (QED) is 0.442. The summed E-state index contributed by atoms with van der Waals surface area (Å²) in [6.07, 6.45) is 2.82. The zero-order valence-corrected chi connectivity index (χ0v) is 10.1. The van der Waals surface area contributed by atoms with Gasteiger partial charge in [0.1, 0.15) is 0 Å². The average molecular weight is 226 g/mol. The van der Waals surface area contributed by atoms with Crippen molar-refractivity contribution < 1.29 is 0 Å². The van der Waals surface area contributed by atoms with E-state index in [4.69, 9.17) is 5.84 Å². The summed E-state index contributed by atoms with van der Waals surface area (Å²) in [7, 11) is 0. The number of rotatable bonds is 6. The molecule has 0 aliphatic heterocycles. The maximum Gasteiger partial charge on any atom is 0.0801 e. The Morgan fingerprint density at radius 1 is 1.67 bits per heavy atom. The molecule has 1 aromatic heterocycles. The van der Waals surface area contributed by atoms with E-state index in [-0.39, 0.29) is 6.04 Å². The van der Waals surface area contributed by atoms with Gasteiger partial charge in [0.15, 0.2) is 0 Å². The summed E-state index contributed by atoms with van der Waals surface area (Å²) < 4.78 is 3.96. The van der Waals surface area contributed by atoms with E-state index < -0.39 is 0 Å². The van der Waals surface area contributed by atoms with Gasteiger partial charge in [-0.3, -0.25) is 11.3 Å². The van der Waals surface area contributed by atoms with Gasteiger partial charge >= 0.3 is 0 Å². The molecule has 4 nitrogen and oxygen atoms in total. The van der Waals surface area contributed by atoms with Gasteiger partial charge in [-0.1, -0.05) is 17.0 Å². The number of hydrogen-bond donors (Lipinski definition) is 2. The number of aryl methyl sites for hydroxylation is 1. The van der Waals surface area contributed by atoms with Crippen LogP contribution in [0.5, 0.6) is 0 Å². The number of nitrogens with two attached hydrogens (primary N) is 1. The van der Waals surface area contributed by atoms with Crippen LogP contribution in [0, 0.1) is 0 Å². The Morgan fingerprint density at radius 2 is 2.40 bits per heavy atom. The Bertz CT molecular complexity index is 321. The number of hydrogen-bond acceptors (Lipinski definition) is 5. The van der Waals surface area contributed by atoms with Crippen molar-refractivity contribution >= 4 is 11.5 Å². The highest BCUT2D eigenvalue weighted by molar-refractivity contribution is 7.05. The molecule has 5 heteroatoms. The Kier molecular flexibility index (Phi) is 4.87. The maximum atomic E-state index is 5.55. The SMILES string of the molecule is C=C(C)CCC(NN)c1snnc1CC. The third-order valence-corrected chi connectivity index (χ3v) is 3.18. The molecule has 1 unspecified atom stereocenters. The van der Waals surface area contributed by atoms with Gasteiger partial charge < -0.3 is 0 Å². The molecule has 3 N–H and O–H groups in total. The number of hydrazine groups is 1. The zero-order chi connectivity index (χ0) is 11.3. The van der Waals surface area contributed by atoms with Crippen LogP contribution in [-0.4, -0.2) is 9.59 Å². The fourth-order valence-electron chi connectivity index (χ4n) is 1.41. The predicted octanol–water partition coefficient (Wildman–Crippen LogP) is 1.96. The lowest BCUT2D eigenvalue weighted by Crippen LogP contribution is -2.28. The molecule has 1 rings (SSSR count). The maximum absolute atomic E-state index is 5.55. The topological polar surface area (TPSA) is 63.8 Å². The Balaban J connectivity index is 2.69. The summed E-state index contributed by atoms with van der Waals surface area (Å²) in [6, 6.07) is 0.150. The highest BCUT2D eigenvalue weighted by Crippen LogP contribution is 2.25. The van der Waals surface area contributed by atoms with Gasteiger partial charge in [0.2, 0.25) is 0 Å². The van der Waals surface area contributed by atoms with Crippen LogP contribution in [0.1, 0.15) is 43.3 Å². The number of nitrogens with zero attached hydrogens (tertiary/aromatic N) is 2. The average Bonchev–Trinajstić information content (AvgIpc) is 2.66. The smallest absolute Gasteiger partial charge is 0.0801 e. The molecule has 0 saturated heterocycles. The van der Waals surface area contributed by atoms with Crippen LogP contribution >= 0.6 is 11.5 Å². The third kappa shape index (κ3) is 3.37. The first kappa shape index (κ1) is 12.3. The van der Waals surface area contributed by atoms with E-state index in [9.17, 15) is 0 Å². The minimum Gasteiger partial charge on any atom is -0.271 e. The lowest BCUT2D eigenvalue weighted by Gasteiger charge is -2.14. The summed E-state index contributed by atoms with van der Waals surface area (Å²) >= 11 is 1.43. The highest BCUT2D eigenvalue weighted by atomic mass is 32.1. The molecule has 0 spiro atoms. The van der Waals surface area contributed by atoms with Gasteiger partial charge in [-0.15, -0.1) is 11.7 Å². The van der Waals surface area contributed by atoms with Crippen LogP contribution < -0.4 is 11.3 Å². The standard InChI is InChI=1S/C10H18N4S/c1-4-8-10(15-14-13-8)9(12-11)6-5-7(2)3/h9,12H,2,4-6,11H2,1,3H3. The molecule has 0 amide bonds. The van der Waals surface area contributed by atoms with Crippen molar-refractivity contribution in [2.24, 2.45) is 5.84 Å². The molecular weight excluding hydrogens is 208 g/mol. The summed E-state index contributed by atoms with van der Waals surface area (Å²) in [5.41, 5.74) is 5.04. The van der Waals surface area contributed by atoms with Crippen LogP contribution in [0.2, 0.25) is 0 Å². The minimum absolute atomic E-state index is 0.150. The third-order valence-electron chi connectivity index (χ3n) is 2.30. The van der Waals surface area contributed by atoms with Crippen molar-refractivity contribution in [3.8, 4) is 0 Å². The first-order valence-electron chi connectivity index (χ1n) is 5.10. The van der Waals surface area contributed by atoms with Gasteiger partial charge in [-0.2, -0.15) is 0 Å². The molecule has 0 radical (unpaired) electrons. The van der Waals surface area contributed by atoms with E-state index in [0.29, 0.717) is 0 Å². The summed E-state index contributed by atoms with van der Waals surface area (Å²) in [4.78, 5) is 1.15. The molecule has 1 atom stereocenters. The normalized spacial score (nSPS) is 12.7. The molecule has 0 aliphatic rings. The monoisotopic (exact) mass is 226 g/mol. The van der Waals surface area contributed by atoms with Crippen LogP contribution in [-0.2, 0) is 6.42 Å². The summed E-state index contributed by atoms with van der Waals surface area (Å²) in [5.74, 6) is 5.55. The second-order valence-electron chi connectivity index (χ2n) is 3.65. The van der Waals surface area contributed by atoms with Crippen molar-refractivity contribution in [2.45, 2.75) is 39.2 Å². The molecule has 15 heavy (non-hydrogen) atoms. The van der Waals surface area contributed by atoms with E-state index in [0.717, 1.165) is 29.8 Å². The molecule has 0 bridgehead atoms. The summed E-state index contributed by atoms with van der Waals surface area (Å²) in [6.45, 7) is 7.99. The number of aromatic nitrogens is 2. The van der Waals surface area contributed by atoms with Crippen molar-refractivity contribution in [3.63, 3.8) is 0 Å². The fraction of sp³-hybridized carbons (Fsp3) is 0.600. The predicted molar refractivity (Wildman–Crippen MR) is 63.4 cm³/mol. The first-order valence-corrected chi connectivity index (χ1v) is 5.88. The van der Waals surface area contributed by atoms with Crippen molar-refractivity contribution in [1.29, 1.82) is 0 Å². The minimum atomic E-state index is 0.150. The Labute approximate surface area is 94.7 Å². The molecule has 0 aliphatic carbocycles. The van der Waals surface area contributed by atoms with E-state index in [1.165, 1.54) is 17.1 Å². The van der Waals surface area contributed by atoms with Crippen molar-refractivity contribution in [2.75, 3.05) is 0 Å². The fourth-order valence-corrected chi connectivity index (χ4v) is 2.24. The number of allylic oxidation sites excluding steroid dienone is 1.